The van der Waals surface area contributed by atoms with E-state index in [-0.39, 0.29) is 0 Å². The minimum absolute atomic E-state index is 0.446. The molecule has 0 aliphatic heterocycles. The van der Waals surface area contributed by atoms with E-state index in [1.165, 1.54) is 47.7 Å². The molecule has 0 heterocycles. The Kier molecular flexibility index (Phi) is 18.4. The zero-order valence-electron chi connectivity index (χ0n) is 33.0. The van der Waals surface area contributed by atoms with E-state index in [9.17, 15) is 0 Å². The summed E-state index contributed by atoms with van der Waals surface area (Å²) in [6, 6.07) is 97.0. The Hall–Kier alpha value is -5.62. The molecule has 0 bridgehead atoms. The van der Waals surface area contributed by atoms with Crippen molar-refractivity contribution in [1.29, 1.82) is 0 Å². The quantitative estimate of drug-likeness (QED) is 0.105. The van der Waals surface area contributed by atoms with Crippen LogP contribution in [0, 0.1) is 4.91 Å². The summed E-state index contributed by atoms with van der Waals surface area (Å²) in [5, 5.41) is 12.6. The van der Waals surface area contributed by atoms with E-state index < -0.39 is 23.8 Å². The second-order valence-electron chi connectivity index (χ2n) is 13.1. The summed E-state index contributed by atoms with van der Waals surface area (Å²) in [6.07, 6.45) is 0. The molecule has 9 rings (SSSR count). The van der Waals surface area contributed by atoms with Gasteiger partial charge in [0, 0.05) is 0 Å². The zero-order chi connectivity index (χ0) is 41.5. The van der Waals surface area contributed by atoms with Crippen LogP contribution in [-0.2, 0) is 16.0 Å². The van der Waals surface area contributed by atoms with Gasteiger partial charge in [0.15, 0.2) is 0 Å². The number of nitroso groups, excluding NO2 is 1. The summed E-state index contributed by atoms with van der Waals surface area (Å²) in [5.41, 5.74) is 0. The summed E-state index contributed by atoms with van der Waals surface area (Å²) in [7, 11) is -1.34. The number of rotatable bonds is 9. The fourth-order valence-electron chi connectivity index (χ4n) is 6.54. The Morgan fingerprint density at radius 2 is 0.300 bits per heavy atom. The fraction of sp³-hybridized carbons (Fsp3) is 0. The molecule has 60 heavy (non-hydrogen) atoms. The van der Waals surface area contributed by atoms with Crippen molar-refractivity contribution in [3.05, 3.63) is 278 Å². The largest absolute Gasteiger partial charge is 0.0622 e. The topological polar surface area (TPSA) is 29.4 Å². The molecule has 0 saturated heterocycles. The van der Waals surface area contributed by atoms with Crippen molar-refractivity contribution in [3.63, 3.8) is 0 Å². The summed E-state index contributed by atoms with van der Waals surface area (Å²) in [5.74, 6) is 0. The average molecular weight is 876 g/mol. The van der Waals surface area contributed by atoms with Gasteiger partial charge >= 0.3 is 25.1 Å². The molecule has 0 amide bonds. The van der Waals surface area contributed by atoms with Gasteiger partial charge in [-0.15, -0.1) is 0 Å². The Balaban J connectivity index is 0.000000146. The number of hydrogen-bond donors (Lipinski definition) is 0. The van der Waals surface area contributed by atoms with E-state index in [0.29, 0.717) is 0 Å². The average Bonchev–Trinajstić information content (AvgIpc) is 3.33. The van der Waals surface area contributed by atoms with E-state index in [4.69, 9.17) is 4.91 Å². The first kappa shape index (κ1) is 43.9. The molecule has 9 aromatic carbocycles. The van der Waals surface area contributed by atoms with Gasteiger partial charge in [-0.05, 0) is 71.5 Å². The van der Waals surface area contributed by atoms with E-state index >= 15 is 0 Å². The van der Waals surface area contributed by atoms with Crippen molar-refractivity contribution in [2.75, 3.05) is 0 Å². The molecule has 2 nitrogen and oxygen atoms in total. The predicted molar refractivity (Wildman–Crippen MR) is 261 cm³/mol. The summed E-state index contributed by atoms with van der Waals surface area (Å²) in [4.78, 5) is 8.42. The van der Waals surface area contributed by atoms with E-state index in [1.807, 2.05) is 4.23 Å². The minimum Gasteiger partial charge on any atom is -0.0622 e. The first-order valence-corrected chi connectivity index (χ1v) is 24.0. The van der Waals surface area contributed by atoms with Crippen LogP contribution in [-0.4, -0.2) is 0 Å². The summed E-state index contributed by atoms with van der Waals surface area (Å²) < 4.78 is 1.94. The fourth-order valence-corrected chi connectivity index (χ4v) is 13.5. The monoisotopic (exact) mass is 875 g/mol. The van der Waals surface area contributed by atoms with Crippen molar-refractivity contribution in [1.82, 2.24) is 0 Å². The van der Waals surface area contributed by atoms with Crippen molar-refractivity contribution in [2.45, 2.75) is 0 Å². The molecule has 0 unspecified atom stereocenters. The van der Waals surface area contributed by atoms with Crippen molar-refractivity contribution in [3.8, 4) is 0 Å². The van der Waals surface area contributed by atoms with Crippen LogP contribution in [0.3, 0.4) is 0 Å². The predicted octanol–water partition coefficient (Wildman–Crippen LogP) is 10.5. The van der Waals surface area contributed by atoms with Gasteiger partial charge in [0.25, 0.3) is 0 Å². The molecule has 0 radical (unpaired) electrons. The molecule has 0 aliphatic carbocycles. The maximum Gasteiger partial charge on any atom is -0.0134 e. The molecular weight excluding hydrogens is 830 g/mol. The smallest absolute Gasteiger partial charge is 0.0134 e. The van der Waals surface area contributed by atoms with Crippen LogP contribution in [0.2, 0.25) is 0 Å². The van der Waals surface area contributed by atoms with Gasteiger partial charge in [-0.3, -0.25) is 0 Å². The van der Waals surface area contributed by atoms with Crippen LogP contribution >= 0.6 is 23.8 Å². The van der Waals surface area contributed by atoms with Gasteiger partial charge in [0.1, 0.15) is 0 Å². The minimum atomic E-state index is -0.446. The van der Waals surface area contributed by atoms with Gasteiger partial charge < -0.3 is 0 Å². The Morgan fingerprint density at radius 1 is 0.217 bits per heavy atom. The molecule has 0 saturated carbocycles. The van der Waals surface area contributed by atoms with Crippen LogP contribution in [0.25, 0.3) is 0 Å². The first-order valence-electron chi connectivity index (χ1n) is 19.5. The number of benzene rings is 9. The Morgan fingerprint density at radius 3 is 0.383 bits per heavy atom. The molecule has 0 spiro atoms. The Bertz CT molecular complexity index is 1930. The van der Waals surface area contributed by atoms with Crippen LogP contribution in [0.1, 0.15) is 0 Å². The first-order chi connectivity index (χ1) is 29.8. The molecule has 6 heteroatoms. The summed E-state index contributed by atoms with van der Waals surface area (Å²) in [6.45, 7) is 0. The Labute approximate surface area is 367 Å². The molecule has 296 valence electrons. The van der Waals surface area contributed by atoms with Crippen LogP contribution in [0.4, 0.5) is 0 Å². The molecule has 9 aromatic rings. The van der Waals surface area contributed by atoms with Gasteiger partial charge in [-0.2, -0.15) is 0 Å². The molecule has 0 aliphatic rings. The van der Waals surface area contributed by atoms with Crippen molar-refractivity contribution >= 4 is 71.5 Å². The SMILES string of the molecule is O=[N][Co].c1ccc(P(c2ccccc2)c2ccccc2)cc1.c1ccc(P(c2ccccc2)c2ccccc2)cc1.c1ccc(P(c2ccccc2)c2ccccc2)cc1. The summed E-state index contributed by atoms with van der Waals surface area (Å²) >= 11 is 2.90. The van der Waals surface area contributed by atoms with Crippen molar-refractivity contribution < 1.29 is 16.0 Å². The standard InChI is InChI=1S/3C18H15P.Co.NO/c3*1-4-10-16(11-5-1)19(17-12-6-2-7-13-17)18-14-8-3-9-15-18;;1-2/h3*1-15H;;/q;;;+1;-1. The van der Waals surface area contributed by atoms with Crippen LogP contribution < -0.4 is 47.7 Å². The molecular formula is C54H45CoNOP3. The van der Waals surface area contributed by atoms with Gasteiger partial charge in [-0.1, -0.05) is 273 Å². The third-order valence-corrected chi connectivity index (χ3v) is 16.5. The third-order valence-electron chi connectivity index (χ3n) is 9.13. The third kappa shape index (κ3) is 13.2. The van der Waals surface area contributed by atoms with Crippen LogP contribution in [0.5, 0.6) is 0 Å². The molecule has 0 atom stereocenters. The molecule has 0 N–H and O–H groups in total. The van der Waals surface area contributed by atoms with E-state index in [0.717, 1.165) is 0 Å². The second kappa shape index (κ2) is 25.1. The zero-order valence-corrected chi connectivity index (χ0v) is 36.7. The normalized spacial score (nSPS) is 10.3. The molecule has 0 fully saturated rings. The van der Waals surface area contributed by atoms with E-state index in [2.05, 4.69) is 289 Å². The van der Waals surface area contributed by atoms with Crippen LogP contribution in [0.15, 0.2) is 277 Å². The number of hydrogen-bond acceptors (Lipinski definition) is 2. The maximum absolute atomic E-state index is 8.42. The molecule has 0 aromatic heterocycles. The number of nitrogens with zero attached hydrogens (tertiary/aromatic N) is 1. The maximum atomic E-state index is 8.42. The van der Waals surface area contributed by atoms with Gasteiger partial charge in [-0.25, -0.2) is 0 Å². The van der Waals surface area contributed by atoms with Gasteiger partial charge in [0.2, 0.25) is 0 Å². The van der Waals surface area contributed by atoms with E-state index in [1.54, 1.807) is 0 Å². The van der Waals surface area contributed by atoms with Crippen molar-refractivity contribution in [2.24, 2.45) is 4.23 Å². The van der Waals surface area contributed by atoms with Gasteiger partial charge in [0.05, 0.1) is 0 Å². The second-order valence-corrected chi connectivity index (χ2v) is 19.9.